The molecular weight excluding hydrogens is 268 g/mol. The molecular formula is C17H24O4. The van der Waals surface area contributed by atoms with Crippen LogP contribution in [0.25, 0.3) is 0 Å². The first kappa shape index (κ1) is 13.6. The smallest absolute Gasteiger partial charge is 0.348 e. The van der Waals surface area contributed by atoms with Gasteiger partial charge in [-0.05, 0) is 55.8 Å². The zero-order valence-electron chi connectivity index (χ0n) is 12.8. The summed E-state index contributed by atoms with van der Waals surface area (Å²) in [6.45, 7) is 4.56. The zero-order valence-corrected chi connectivity index (χ0v) is 12.8. The maximum Gasteiger partial charge on any atom is 0.348 e. The van der Waals surface area contributed by atoms with Crippen molar-refractivity contribution in [3.8, 4) is 0 Å². The molecule has 0 aromatic carbocycles. The maximum atomic E-state index is 12.5. The van der Waals surface area contributed by atoms with Crippen LogP contribution >= 0.6 is 0 Å². The van der Waals surface area contributed by atoms with Gasteiger partial charge in [-0.2, -0.15) is 0 Å². The van der Waals surface area contributed by atoms with Crippen molar-refractivity contribution in [1.29, 1.82) is 0 Å². The number of fused-ring (bicyclic) bond motifs is 3. The van der Waals surface area contributed by atoms with Crippen molar-refractivity contribution < 1.29 is 19.1 Å². The highest BCUT2D eigenvalue weighted by Crippen LogP contribution is 2.55. The highest BCUT2D eigenvalue weighted by Gasteiger charge is 2.54. The van der Waals surface area contributed by atoms with Gasteiger partial charge in [0.25, 0.3) is 0 Å². The molecule has 0 aromatic heterocycles. The van der Waals surface area contributed by atoms with Gasteiger partial charge in [-0.3, -0.25) is 4.79 Å². The molecule has 0 aromatic rings. The van der Waals surface area contributed by atoms with E-state index in [9.17, 15) is 9.59 Å². The Morgan fingerprint density at radius 2 is 1.95 bits per heavy atom. The van der Waals surface area contributed by atoms with Crippen molar-refractivity contribution in [2.24, 2.45) is 35.5 Å². The molecule has 3 saturated carbocycles. The molecule has 0 spiro atoms. The second-order valence-electron chi connectivity index (χ2n) is 7.65. The van der Waals surface area contributed by atoms with Gasteiger partial charge in [-0.1, -0.05) is 13.8 Å². The summed E-state index contributed by atoms with van der Waals surface area (Å²) in [4.78, 5) is 24.5. The van der Waals surface area contributed by atoms with E-state index in [-0.39, 0.29) is 29.9 Å². The Morgan fingerprint density at radius 1 is 1.14 bits per heavy atom. The van der Waals surface area contributed by atoms with Gasteiger partial charge in [-0.15, -0.1) is 0 Å². The fraction of sp³-hybridized carbons (Fsp3) is 0.882. The minimum absolute atomic E-state index is 0.00530. The SMILES string of the molecule is CC1C2CC(C(=O)OC3C(=O)OC4CCCC43)C(C2)C1C. The number of hydrogen-bond donors (Lipinski definition) is 0. The molecule has 0 radical (unpaired) electrons. The quantitative estimate of drug-likeness (QED) is 0.734. The van der Waals surface area contributed by atoms with E-state index in [0.29, 0.717) is 17.8 Å². The zero-order chi connectivity index (χ0) is 14.7. The van der Waals surface area contributed by atoms with Gasteiger partial charge in [0.05, 0.1) is 5.92 Å². The van der Waals surface area contributed by atoms with Crippen molar-refractivity contribution in [3.63, 3.8) is 0 Å². The van der Waals surface area contributed by atoms with Gasteiger partial charge >= 0.3 is 11.9 Å². The number of carbonyl (C=O) groups excluding carboxylic acids is 2. The third kappa shape index (κ3) is 1.94. The second kappa shape index (κ2) is 4.72. The lowest BCUT2D eigenvalue weighted by atomic mass is 9.76. The van der Waals surface area contributed by atoms with Crippen molar-refractivity contribution in [3.05, 3.63) is 0 Å². The van der Waals surface area contributed by atoms with Crippen LogP contribution in [0.2, 0.25) is 0 Å². The molecule has 2 bridgehead atoms. The van der Waals surface area contributed by atoms with E-state index in [1.165, 1.54) is 0 Å². The molecule has 4 nitrogen and oxygen atoms in total. The lowest BCUT2D eigenvalue weighted by Gasteiger charge is -2.31. The Labute approximate surface area is 125 Å². The summed E-state index contributed by atoms with van der Waals surface area (Å²) >= 11 is 0. The molecule has 21 heavy (non-hydrogen) atoms. The summed E-state index contributed by atoms with van der Waals surface area (Å²) in [6.07, 6.45) is 4.41. The molecule has 8 unspecified atom stereocenters. The third-order valence-corrected chi connectivity index (χ3v) is 6.83. The molecule has 1 aliphatic heterocycles. The molecule has 1 saturated heterocycles. The maximum absolute atomic E-state index is 12.5. The topological polar surface area (TPSA) is 52.6 Å². The number of rotatable bonds is 2. The van der Waals surface area contributed by atoms with Crippen LogP contribution in [0.5, 0.6) is 0 Å². The van der Waals surface area contributed by atoms with Crippen LogP contribution in [0.4, 0.5) is 0 Å². The average Bonchev–Trinajstić information content (AvgIpc) is 3.17. The molecule has 3 aliphatic carbocycles. The van der Waals surface area contributed by atoms with Gasteiger partial charge in [0.2, 0.25) is 6.10 Å². The van der Waals surface area contributed by atoms with Crippen LogP contribution < -0.4 is 0 Å². The van der Waals surface area contributed by atoms with Gasteiger partial charge in [0, 0.05) is 5.92 Å². The number of carbonyl (C=O) groups is 2. The minimum atomic E-state index is -0.628. The summed E-state index contributed by atoms with van der Waals surface area (Å²) in [6, 6.07) is 0. The minimum Gasteiger partial charge on any atom is -0.459 e. The molecule has 4 aliphatic rings. The Balaban J connectivity index is 1.44. The van der Waals surface area contributed by atoms with Crippen molar-refractivity contribution in [2.45, 2.75) is 58.2 Å². The Hall–Kier alpha value is -1.06. The fourth-order valence-electron chi connectivity index (χ4n) is 5.40. The predicted octanol–water partition coefficient (Wildman–Crippen LogP) is 2.55. The number of hydrogen-bond acceptors (Lipinski definition) is 4. The van der Waals surface area contributed by atoms with E-state index >= 15 is 0 Å². The molecule has 116 valence electrons. The van der Waals surface area contributed by atoms with Gasteiger partial charge in [0.1, 0.15) is 6.10 Å². The standard InChI is InChI=1S/C17H24O4/c1-8-9(2)12-6-10(8)7-13(12)16(18)21-15-11-4-3-5-14(11)20-17(15)19/h8-15H,3-7H2,1-2H3. The highest BCUT2D eigenvalue weighted by atomic mass is 16.6. The van der Waals surface area contributed by atoms with Crippen LogP contribution in [-0.2, 0) is 19.1 Å². The first-order valence-corrected chi connectivity index (χ1v) is 8.47. The van der Waals surface area contributed by atoms with Gasteiger partial charge < -0.3 is 9.47 Å². The van der Waals surface area contributed by atoms with E-state index in [1.807, 2.05) is 0 Å². The van der Waals surface area contributed by atoms with Crippen molar-refractivity contribution in [2.75, 3.05) is 0 Å². The van der Waals surface area contributed by atoms with E-state index in [1.54, 1.807) is 0 Å². The van der Waals surface area contributed by atoms with Crippen molar-refractivity contribution >= 4 is 11.9 Å². The van der Waals surface area contributed by atoms with Gasteiger partial charge in [-0.25, -0.2) is 4.79 Å². The van der Waals surface area contributed by atoms with Crippen LogP contribution in [0.15, 0.2) is 0 Å². The van der Waals surface area contributed by atoms with Crippen molar-refractivity contribution in [1.82, 2.24) is 0 Å². The number of ether oxygens (including phenoxy) is 2. The second-order valence-corrected chi connectivity index (χ2v) is 7.65. The Morgan fingerprint density at radius 3 is 2.67 bits per heavy atom. The van der Waals surface area contributed by atoms with Crippen LogP contribution in [0, 0.1) is 35.5 Å². The van der Waals surface area contributed by atoms with Crippen LogP contribution in [-0.4, -0.2) is 24.1 Å². The normalized spacial score (nSPS) is 51.0. The van der Waals surface area contributed by atoms with Gasteiger partial charge in [0.15, 0.2) is 0 Å². The third-order valence-electron chi connectivity index (χ3n) is 6.83. The summed E-state index contributed by atoms with van der Waals surface area (Å²) in [5.74, 6) is 2.08. The summed E-state index contributed by atoms with van der Waals surface area (Å²) in [5, 5.41) is 0. The van der Waals surface area contributed by atoms with E-state index in [2.05, 4.69) is 13.8 Å². The Bertz CT molecular complexity index is 471. The molecule has 4 rings (SSSR count). The highest BCUT2D eigenvalue weighted by molar-refractivity contribution is 5.82. The van der Waals surface area contributed by atoms with E-state index < -0.39 is 6.10 Å². The monoisotopic (exact) mass is 292 g/mol. The van der Waals surface area contributed by atoms with E-state index in [4.69, 9.17) is 9.47 Å². The first-order valence-electron chi connectivity index (χ1n) is 8.47. The molecule has 8 atom stereocenters. The Kier molecular flexibility index (Phi) is 3.05. The molecule has 4 fully saturated rings. The lowest BCUT2D eigenvalue weighted by molar-refractivity contribution is -0.167. The fourth-order valence-corrected chi connectivity index (χ4v) is 5.40. The largest absolute Gasteiger partial charge is 0.459 e. The molecule has 1 heterocycles. The van der Waals surface area contributed by atoms with E-state index in [0.717, 1.165) is 38.0 Å². The lowest BCUT2D eigenvalue weighted by Crippen LogP contribution is -2.36. The summed E-state index contributed by atoms with van der Waals surface area (Å²) in [5.41, 5.74) is 0. The molecule has 0 N–H and O–H groups in total. The summed E-state index contributed by atoms with van der Waals surface area (Å²) < 4.78 is 11.0. The van der Waals surface area contributed by atoms with Crippen LogP contribution in [0.1, 0.15) is 46.0 Å². The first-order chi connectivity index (χ1) is 10.1. The number of esters is 2. The molecule has 4 heteroatoms. The summed E-state index contributed by atoms with van der Waals surface area (Å²) in [7, 11) is 0. The molecule has 0 amide bonds. The van der Waals surface area contributed by atoms with Crippen LogP contribution in [0.3, 0.4) is 0 Å². The predicted molar refractivity (Wildman–Crippen MR) is 75.1 cm³/mol. The average molecular weight is 292 g/mol.